The van der Waals surface area contributed by atoms with Crippen LogP contribution in [-0.4, -0.2) is 15.3 Å². The van der Waals surface area contributed by atoms with Gasteiger partial charge in [-0.3, -0.25) is 0 Å². The molecule has 0 radical (unpaired) electrons. The molecule has 2 fully saturated rings. The largest absolute Gasteiger partial charge is 0.508 e. The van der Waals surface area contributed by atoms with Crippen molar-refractivity contribution >= 4 is 0 Å². The minimum Gasteiger partial charge on any atom is -0.508 e. The van der Waals surface area contributed by atoms with Gasteiger partial charge in [-0.05, 0) is 152 Å². The van der Waals surface area contributed by atoms with Gasteiger partial charge in [-0.15, -0.1) is 0 Å². The van der Waals surface area contributed by atoms with E-state index in [0.717, 1.165) is 62.9 Å². The van der Waals surface area contributed by atoms with Gasteiger partial charge in [0.1, 0.15) is 28.7 Å². The van der Waals surface area contributed by atoms with Crippen molar-refractivity contribution in [3.63, 3.8) is 0 Å². The number of hydrogen-bond acceptors (Lipinski definition) is 4. The molecule has 5 aromatic rings. The third kappa shape index (κ3) is 6.41. The second kappa shape index (κ2) is 13.3. The Hall–Kier alpha value is -4.70. The van der Waals surface area contributed by atoms with Crippen LogP contribution >= 0.6 is 0 Å². The molecular weight excluding hydrogens is 604 g/mol. The summed E-state index contributed by atoms with van der Waals surface area (Å²) in [7, 11) is 0. The fourth-order valence-electron chi connectivity index (χ4n) is 9.34. The summed E-state index contributed by atoms with van der Waals surface area (Å²) in [4.78, 5) is 0. The second-order valence-electron chi connectivity index (χ2n) is 15.1. The third-order valence-electron chi connectivity index (χ3n) is 12.4. The van der Waals surface area contributed by atoms with E-state index in [9.17, 15) is 15.3 Å². The van der Waals surface area contributed by atoms with Gasteiger partial charge in [-0.2, -0.15) is 0 Å². The van der Waals surface area contributed by atoms with E-state index in [1.807, 2.05) is 42.5 Å². The molecule has 0 heterocycles. The first-order valence-electron chi connectivity index (χ1n) is 17.9. The molecule has 0 aliphatic heterocycles. The number of hydrogen-bond donors (Lipinski definition) is 3. The summed E-state index contributed by atoms with van der Waals surface area (Å²) in [6, 6.07) is 42.0. The van der Waals surface area contributed by atoms with Gasteiger partial charge >= 0.3 is 0 Å². The lowest BCUT2D eigenvalue weighted by molar-refractivity contribution is 0.0364. The Morgan fingerprint density at radius 2 is 0.755 bits per heavy atom. The molecule has 49 heavy (non-hydrogen) atoms. The molecule has 0 bridgehead atoms. The van der Waals surface area contributed by atoms with E-state index in [0.29, 0.717) is 17.6 Å². The van der Waals surface area contributed by atoms with Crippen molar-refractivity contribution in [2.45, 2.75) is 76.0 Å². The highest BCUT2D eigenvalue weighted by atomic mass is 16.5. The first kappa shape index (κ1) is 32.8. The SMILES string of the molecule is CC(C)(C1CCC(c2ccc(O)cc2)(c2ccc(O)cc2)CC1)C1CCC(c2ccc(O)cc2)(c2ccc(Oc3ccccc3)cc2)CC1. The lowest BCUT2D eigenvalue weighted by Gasteiger charge is -2.51. The van der Waals surface area contributed by atoms with E-state index in [1.54, 1.807) is 24.3 Å². The van der Waals surface area contributed by atoms with E-state index in [4.69, 9.17) is 4.74 Å². The lowest BCUT2D eigenvalue weighted by atomic mass is 9.53. The number of para-hydroxylation sites is 1. The van der Waals surface area contributed by atoms with Gasteiger partial charge in [0.2, 0.25) is 0 Å². The maximum absolute atomic E-state index is 10.1. The zero-order valence-corrected chi connectivity index (χ0v) is 28.7. The highest BCUT2D eigenvalue weighted by Gasteiger charge is 2.48. The van der Waals surface area contributed by atoms with Crippen molar-refractivity contribution in [2.75, 3.05) is 0 Å². The van der Waals surface area contributed by atoms with Crippen LogP contribution in [0.1, 0.15) is 87.5 Å². The second-order valence-corrected chi connectivity index (χ2v) is 15.1. The van der Waals surface area contributed by atoms with Crippen molar-refractivity contribution in [2.24, 2.45) is 17.3 Å². The Kier molecular flexibility index (Phi) is 8.92. The molecule has 0 saturated heterocycles. The summed E-state index contributed by atoms with van der Waals surface area (Å²) < 4.78 is 6.13. The molecule has 0 amide bonds. The summed E-state index contributed by atoms with van der Waals surface area (Å²) in [5.74, 6) is 3.76. The van der Waals surface area contributed by atoms with E-state index in [2.05, 4.69) is 74.5 Å². The van der Waals surface area contributed by atoms with E-state index >= 15 is 0 Å². The summed E-state index contributed by atoms with van der Waals surface area (Å²) in [6.45, 7) is 5.03. The standard InChI is InChI=1S/C45H48O4/c1-43(2,32-24-28-44(29-25-32,34-8-16-38(46)17-9-34)35-10-18-39(47)19-11-35)33-26-30-45(31-27-33,36-12-20-40(48)21-13-36)37-14-22-42(23-15-37)49-41-6-4-3-5-7-41/h3-23,32-33,46-48H,24-31H2,1-2H3. The number of ether oxygens (including phenoxy) is 1. The molecule has 0 aromatic heterocycles. The van der Waals surface area contributed by atoms with Gasteiger partial charge in [0, 0.05) is 10.8 Å². The Morgan fingerprint density at radius 3 is 1.10 bits per heavy atom. The molecule has 4 nitrogen and oxygen atoms in total. The van der Waals surface area contributed by atoms with Crippen molar-refractivity contribution < 1.29 is 20.1 Å². The van der Waals surface area contributed by atoms with Crippen LogP contribution in [0.2, 0.25) is 0 Å². The van der Waals surface area contributed by atoms with Crippen LogP contribution in [0.15, 0.2) is 127 Å². The quantitative estimate of drug-likeness (QED) is 0.156. The van der Waals surface area contributed by atoms with Crippen molar-refractivity contribution in [3.8, 4) is 28.7 Å². The van der Waals surface area contributed by atoms with Crippen LogP contribution in [0.3, 0.4) is 0 Å². The van der Waals surface area contributed by atoms with Crippen LogP contribution < -0.4 is 4.74 Å². The average molecular weight is 653 g/mol. The molecule has 0 atom stereocenters. The zero-order chi connectivity index (χ0) is 34.1. The highest BCUT2D eigenvalue weighted by Crippen LogP contribution is 2.57. The molecule has 3 N–H and O–H groups in total. The third-order valence-corrected chi connectivity index (χ3v) is 12.4. The molecular formula is C45H48O4. The number of phenols is 3. The van der Waals surface area contributed by atoms with E-state index in [1.165, 1.54) is 22.3 Å². The summed E-state index contributed by atoms with van der Waals surface area (Å²) in [6.07, 6.45) is 8.76. The Bertz CT molecular complexity index is 1760. The number of aromatic hydroxyl groups is 3. The smallest absolute Gasteiger partial charge is 0.127 e. The fraction of sp³-hybridized carbons (Fsp3) is 0.333. The first-order valence-corrected chi connectivity index (χ1v) is 17.9. The summed E-state index contributed by atoms with van der Waals surface area (Å²) in [5, 5.41) is 30.2. The number of rotatable bonds is 8. The number of phenolic OH excluding ortho intramolecular Hbond substituents is 3. The van der Waals surface area contributed by atoms with Gasteiger partial charge in [0.15, 0.2) is 0 Å². The van der Waals surface area contributed by atoms with Gasteiger partial charge in [-0.1, -0.05) is 80.6 Å². The topological polar surface area (TPSA) is 69.9 Å². The first-order chi connectivity index (χ1) is 23.7. The molecule has 2 saturated carbocycles. The van der Waals surface area contributed by atoms with Gasteiger partial charge in [0.25, 0.3) is 0 Å². The molecule has 7 rings (SSSR count). The Morgan fingerprint density at radius 1 is 0.449 bits per heavy atom. The molecule has 4 heteroatoms. The minimum absolute atomic E-state index is 0.120. The maximum atomic E-state index is 10.1. The van der Waals surface area contributed by atoms with Gasteiger partial charge in [-0.25, -0.2) is 0 Å². The van der Waals surface area contributed by atoms with Crippen LogP contribution in [-0.2, 0) is 10.8 Å². The van der Waals surface area contributed by atoms with Gasteiger partial charge in [0.05, 0.1) is 0 Å². The molecule has 252 valence electrons. The summed E-state index contributed by atoms with van der Waals surface area (Å²) >= 11 is 0. The van der Waals surface area contributed by atoms with Crippen LogP contribution in [0.5, 0.6) is 28.7 Å². The van der Waals surface area contributed by atoms with E-state index < -0.39 is 0 Å². The maximum Gasteiger partial charge on any atom is 0.127 e. The van der Waals surface area contributed by atoms with Crippen molar-refractivity contribution in [3.05, 3.63) is 150 Å². The molecule has 5 aromatic carbocycles. The van der Waals surface area contributed by atoms with Crippen LogP contribution in [0.25, 0.3) is 0 Å². The minimum atomic E-state index is -0.134. The van der Waals surface area contributed by atoms with E-state index in [-0.39, 0.29) is 27.7 Å². The van der Waals surface area contributed by atoms with Crippen molar-refractivity contribution in [1.29, 1.82) is 0 Å². The molecule has 0 spiro atoms. The van der Waals surface area contributed by atoms with Gasteiger partial charge < -0.3 is 20.1 Å². The fourth-order valence-corrected chi connectivity index (χ4v) is 9.34. The van der Waals surface area contributed by atoms with Crippen molar-refractivity contribution in [1.82, 2.24) is 0 Å². The number of benzene rings is 5. The highest BCUT2D eigenvalue weighted by molar-refractivity contribution is 5.46. The Labute approximate surface area is 291 Å². The summed E-state index contributed by atoms with van der Waals surface area (Å²) in [5.41, 5.74) is 4.98. The molecule has 2 aliphatic carbocycles. The normalized spacial score (nSPS) is 21.2. The zero-order valence-electron chi connectivity index (χ0n) is 28.7. The monoisotopic (exact) mass is 652 g/mol. The predicted octanol–water partition coefficient (Wildman–Crippen LogP) is 11.3. The predicted molar refractivity (Wildman–Crippen MR) is 197 cm³/mol. The van der Waals surface area contributed by atoms with Crippen LogP contribution in [0.4, 0.5) is 0 Å². The average Bonchev–Trinajstić information content (AvgIpc) is 3.13. The Balaban J connectivity index is 1.10. The molecule has 0 unspecified atom stereocenters. The van der Waals surface area contributed by atoms with Crippen LogP contribution in [0, 0.1) is 17.3 Å². The lowest BCUT2D eigenvalue weighted by Crippen LogP contribution is -2.43. The molecule has 2 aliphatic rings.